The molecule has 1 aliphatic rings. The molecule has 3 rings (SSSR count). The quantitative estimate of drug-likeness (QED) is 0.706. The molecule has 0 spiro atoms. The molecule has 0 aliphatic carbocycles. The molecule has 2 aromatic heterocycles. The maximum absolute atomic E-state index is 12.5. The van der Waals surface area contributed by atoms with Crippen LogP contribution >= 0.6 is 22.7 Å². The summed E-state index contributed by atoms with van der Waals surface area (Å²) in [5, 5.41) is 6.23. The summed E-state index contributed by atoms with van der Waals surface area (Å²) in [6.45, 7) is 6.38. The highest BCUT2D eigenvalue weighted by Gasteiger charge is 2.33. The number of hydrogen-bond donors (Lipinski definition) is 2. The molecule has 2 aromatic rings. The molecule has 1 unspecified atom stereocenters. The molecule has 0 radical (unpaired) electrons. The minimum absolute atomic E-state index is 0.115. The van der Waals surface area contributed by atoms with Gasteiger partial charge in [-0.1, -0.05) is 11.3 Å². The van der Waals surface area contributed by atoms with Crippen LogP contribution in [0.4, 0.5) is 5.13 Å². The Bertz CT molecular complexity index is 842. The number of amides is 3. The minimum atomic E-state index is -0.441. The van der Waals surface area contributed by atoms with Crippen LogP contribution < -0.4 is 15.5 Å². The number of likely N-dealkylation sites (tertiary alicyclic amines) is 1. The van der Waals surface area contributed by atoms with Crippen molar-refractivity contribution in [2.75, 3.05) is 38.1 Å². The summed E-state index contributed by atoms with van der Waals surface area (Å²) >= 11 is 2.90. The largest absolute Gasteiger partial charge is 0.357 e. The number of rotatable bonds is 7. The number of nitrogens with zero attached hydrogens (tertiary/aromatic N) is 3. The number of thiazole rings is 1. The average Bonchev–Trinajstić information content (AvgIpc) is 3.40. The molecular formula is C18H25N5O3S2. The number of anilines is 1. The Morgan fingerprint density at radius 1 is 1.29 bits per heavy atom. The van der Waals surface area contributed by atoms with Gasteiger partial charge in [0.1, 0.15) is 10.9 Å². The molecule has 0 bridgehead atoms. The lowest BCUT2D eigenvalue weighted by atomic mass is 10.2. The number of carbonyl (C=O) groups excluding carboxylic acids is 3. The van der Waals surface area contributed by atoms with Crippen molar-refractivity contribution >= 4 is 55.1 Å². The maximum Gasteiger partial charge on any atom is 0.261 e. The number of aromatic nitrogens is 1. The lowest BCUT2D eigenvalue weighted by Crippen LogP contribution is -2.48. The first kappa shape index (κ1) is 20.5. The molecule has 1 aliphatic heterocycles. The molecule has 3 heterocycles. The lowest BCUT2D eigenvalue weighted by Gasteiger charge is -2.23. The number of thiophene rings is 1. The fourth-order valence-corrected chi connectivity index (χ4v) is 5.57. The van der Waals surface area contributed by atoms with Crippen molar-refractivity contribution in [2.24, 2.45) is 0 Å². The third kappa shape index (κ3) is 4.12. The van der Waals surface area contributed by atoms with Gasteiger partial charge in [0.15, 0.2) is 5.13 Å². The molecule has 8 nitrogen and oxygen atoms in total. The van der Waals surface area contributed by atoms with Gasteiger partial charge in [-0.3, -0.25) is 14.4 Å². The molecule has 0 saturated carbocycles. The SMILES string of the molecule is CCN(CC)c1nc2sc(C(=O)NCC(=O)N3CCCC3C(=O)NC)cc2s1. The highest BCUT2D eigenvalue weighted by molar-refractivity contribution is 7.29. The van der Waals surface area contributed by atoms with Crippen LogP contribution in [-0.2, 0) is 9.59 Å². The first-order chi connectivity index (χ1) is 13.5. The summed E-state index contributed by atoms with van der Waals surface area (Å²) in [7, 11) is 1.56. The van der Waals surface area contributed by atoms with E-state index in [9.17, 15) is 14.4 Å². The average molecular weight is 424 g/mol. The van der Waals surface area contributed by atoms with Gasteiger partial charge in [0, 0.05) is 26.7 Å². The van der Waals surface area contributed by atoms with E-state index in [2.05, 4.69) is 34.4 Å². The first-order valence-electron chi connectivity index (χ1n) is 9.43. The molecule has 152 valence electrons. The number of nitrogens with one attached hydrogen (secondary N) is 2. The van der Waals surface area contributed by atoms with E-state index in [4.69, 9.17) is 0 Å². The molecule has 1 atom stereocenters. The number of fused-ring (bicyclic) bond motifs is 1. The molecule has 0 aromatic carbocycles. The molecule has 3 amide bonds. The topological polar surface area (TPSA) is 94.6 Å². The highest BCUT2D eigenvalue weighted by atomic mass is 32.1. The van der Waals surface area contributed by atoms with Crippen LogP contribution in [0.5, 0.6) is 0 Å². The van der Waals surface area contributed by atoms with Crippen LogP contribution in [0.15, 0.2) is 6.07 Å². The van der Waals surface area contributed by atoms with Gasteiger partial charge in [0.2, 0.25) is 11.8 Å². The molecular weight excluding hydrogens is 398 g/mol. The second kappa shape index (κ2) is 8.87. The van der Waals surface area contributed by atoms with Crippen LogP contribution in [0.3, 0.4) is 0 Å². The van der Waals surface area contributed by atoms with Gasteiger partial charge in [-0.25, -0.2) is 4.98 Å². The molecule has 1 fully saturated rings. The number of carbonyl (C=O) groups is 3. The van der Waals surface area contributed by atoms with Gasteiger partial charge in [-0.05, 0) is 32.8 Å². The third-order valence-electron chi connectivity index (χ3n) is 4.86. The lowest BCUT2D eigenvalue weighted by molar-refractivity contribution is -0.137. The smallest absolute Gasteiger partial charge is 0.261 e. The zero-order valence-electron chi connectivity index (χ0n) is 16.3. The number of likely N-dealkylation sites (N-methyl/N-ethyl adjacent to an activating group) is 1. The van der Waals surface area contributed by atoms with Crippen molar-refractivity contribution < 1.29 is 14.4 Å². The first-order valence-corrected chi connectivity index (χ1v) is 11.1. The maximum atomic E-state index is 12.5. The molecule has 1 saturated heterocycles. The van der Waals surface area contributed by atoms with Crippen LogP contribution in [0.25, 0.3) is 9.53 Å². The van der Waals surface area contributed by atoms with Crippen molar-refractivity contribution in [1.82, 2.24) is 20.5 Å². The van der Waals surface area contributed by atoms with Gasteiger partial charge in [-0.15, -0.1) is 11.3 Å². The summed E-state index contributed by atoms with van der Waals surface area (Å²) in [4.78, 5) is 46.5. The predicted octanol–water partition coefficient (Wildman–Crippen LogP) is 1.67. The van der Waals surface area contributed by atoms with Crippen molar-refractivity contribution in [2.45, 2.75) is 32.7 Å². The number of hydrogen-bond acceptors (Lipinski definition) is 7. The van der Waals surface area contributed by atoms with Crippen LogP contribution in [0.2, 0.25) is 0 Å². The Balaban J connectivity index is 1.61. The van der Waals surface area contributed by atoms with Gasteiger partial charge in [0.05, 0.1) is 16.1 Å². The van der Waals surface area contributed by atoms with E-state index in [1.54, 1.807) is 23.3 Å². The third-order valence-corrected chi connectivity index (χ3v) is 7.08. The van der Waals surface area contributed by atoms with Crippen molar-refractivity contribution in [3.8, 4) is 0 Å². The molecule has 2 N–H and O–H groups in total. The Morgan fingerprint density at radius 3 is 2.68 bits per heavy atom. The van der Waals surface area contributed by atoms with E-state index < -0.39 is 6.04 Å². The monoisotopic (exact) mass is 423 g/mol. The van der Waals surface area contributed by atoms with E-state index in [1.807, 2.05) is 6.07 Å². The van der Waals surface area contributed by atoms with E-state index in [0.29, 0.717) is 17.8 Å². The van der Waals surface area contributed by atoms with Crippen molar-refractivity contribution in [1.29, 1.82) is 0 Å². The standard InChI is InChI=1S/C18H25N5O3S2/c1-4-22(5-2)18-21-17-13(28-18)9-12(27-17)16(26)20-10-14(24)23-8-6-7-11(23)15(25)19-3/h9,11H,4-8,10H2,1-3H3,(H,19,25)(H,20,26). The van der Waals surface area contributed by atoms with Gasteiger partial charge < -0.3 is 20.4 Å². The van der Waals surface area contributed by atoms with E-state index in [0.717, 1.165) is 34.2 Å². The summed E-state index contributed by atoms with van der Waals surface area (Å²) in [6.07, 6.45) is 1.45. The Labute approximate surface area is 171 Å². The summed E-state index contributed by atoms with van der Waals surface area (Å²) < 4.78 is 0.975. The van der Waals surface area contributed by atoms with Gasteiger partial charge in [0.25, 0.3) is 5.91 Å². The van der Waals surface area contributed by atoms with Crippen LogP contribution in [0.1, 0.15) is 36.4 Å². The summed E-state index contributed by atoms with van der Waals surface area (Å²) in [5.41, 5.74) is 0. The zero-order chi connectivity index (χ0) is 20.3. The second-order valence-electron chi connectivity index (χ2n) is 6.49. The molecule has 10 heteroatoms. The Morgan fingerprint density at radius 2 is 2.04 bits per heavy atom. The fourth-order valence-electron chi connectivity index (χ4n) is 3.31. The van der Waals surface area contributed by atoms with Crippen molar-refractivity contribution in [3.63, 3.8) is 0 Å². The minimum Gasteiger partial charge on any atom is -0.357 e. The molecule has 28 heavy (non-hydrogen) atoms. The fraction of sp³-hybridized carbons (Fsp3) is 0.556. The van der Waals surface area contributed by atoms with Crippen LogP contribution in [-0.4, -0.2) is 66.9 Å². The summed E-state index contributed by atoms with van der Waals surface area (Å²) in [6, 6.07) is 1.39. The van der Waals surface area contributed by atoms with Gasteiger partial charge >= 0.3 is 0 Å². The van der Waals surface area contributed by atoms with Crippen LogP contribution in [0, 0.1) is 0 Å². The van der Waals surface area contributed by atoms with E-state index >= 15 is 0 Å². The predicted molar refractivity (Wildman–Crippen MR) is 112 cm³/mol. The zero-order valence-corrected chi connectivity index (χ0v) is 17.9. The van der Waals surface area contributed by atoms with Crippen molar-refractivity contribution in [3.05, 3.63) is 10.9 Å². The van der Waals surface area contributed by atoms with E-state index in [1.165, 1.54) is 11.3 Å². The Hall–Kier alpha value is -2.20. The normalized spacial score (nSPS) is 16.4. The second-order valence-corrected chi connectivity index (χ2v) is 8.53. The highest BCUT2D eigenvalue weighted by Crippen LogP contribution is 2.34. The Kier molecular flexibility index (Phi) is 6.50. The van der Waals surface area contributed by atoms with Gasteiger partial charge in [-0.2, -0.15) is 0 Å². The van der Waals surface area contributed by atoms with E-state index in [-0.39, 0.29) is 24.3 Å². The summed E-state index contributed by atoms with van der Waals surface area (Å²) in [5.74, 6) is -0.686.